The van der Waals surface area contributed by atoms with Crippen LogP contribution in [0.15, 0.2) is 42.7 Å². The fraction of sp³-hybridized carbons (Fsp3) is 0.675. The minimum Gasteiger partial charge on any atom is -0.485 e. The molecule has 3 aromatic rings. The molecule has 3 heterocycles. The number of anilines is 1. The van der Waals surface area contributed by atoms with Crippen molar-refractivity contribution in [2.24, 2.45) is 0 Å². The van der Waals surface area contributed by atoms with Crippen LogP contribution >= 0.6 is 7.82 Å². The topological polar surface area (TPSA) is 217 Å². The molecule has 1 aromatic carbocycles. The number of nitrogens with two attached hydrogens (primary N) is 1. The number of rotatable bonds is 29. The fourth-order valence-corrected chi connectivity index (χ4v) is 7.81. The van der Waals surface area contributed by atoms with Gasteiger partial charge in [-0.2, -0.15) is 5.10 Å². The van der Waals surface area contributed by atoms with Crippen LogP contribution in [0.2, 0.25) is 0 Å². The molecule has 6 atom stereocenters. The standard InChI is InChI=1S/C40H63N4O11P/c1-3-4-5-6-7-8-9-10-11-12-13-14-15-16-17-20-25-51-26-30(54-33-22-19-18-21-31(33)39(47)48)27-52-56(49,50)53-28-34-36(45)37(46)40(2,55-34)35-24-23-32-38(41)42-29-43-44(32)35/h18-19,21-24,29-30,34,36-37,45-46H,3-17,20,25-28H2,1-2H3,(H,47,48)(H,49,50)(H2,41,42,43)/t30-,34-,36-,37-,40+/m1/s1. The quantitative estimate of drug-likeness (QED) is 0.0346. The lowest BCUT2D eigenvalue weighted by atomic mass is 9.93. The lowest BCUT2D eigenvalue weighted by molar-refractivity contribution is -0.0892. The third-order valence-corrected chi connectivity index (χ3v) is 11.3. The average Bonchev–Trinajstić information content (AvgIpc) is 3.72. The summed E-state index contributed by atoms with van der Waals surface area (Å²) in [5, 5.41) is 35.6. The highest BCUT2D eigenvalue weighted by Crippen LogP contribution is 2.46. The number of benzene rings is 1. The largest absolute Gasteiger partial charge is 0.485 e. The summed E-state index contributed by atoms with van der Waals surface area (Å²) in [5.41, 5.74) is 5.22. The molecule has 0 amide bonds. The molecule has 0 bridgehead atoms. The van der Waals surface area contributed by atoms with Crippen molar-refractivity contribution in [3.05, 3.63) is 54.0 Å². The summed E-state index contributed by atoms with van der Waals surface area (Å²) in [4.78, 5) is 26.3. The molecule has 314 valence electrons. The van der Waals surface area contributed by atoms with Crippen LogP contribution in [-0.4, -0.2) is 91.6 Å². The number of ether oxygens (including phenoxy) is 3. The molecule has 0 radical (unpaired) electrons. The van der Waals surface area contributed by atoms with Gasteiger partial charge in [0.1, 0.15) is 53.2 Å². The first kappa shape index (κ1) is 45.6. The fourth-order valence-electron chi connectivity index (χ4n) is 7.05. The number of nitrogens with zero attached hydrogens (tertiary/aromatic N) is 3. The van der Waals surface area contributed by atoms with Gasteiger partial charge in [-0.1, -0.05) is 115 Å². The highest BCUT2D eigenvalue weighted by Gasteiger charge is 2.54. The van der Waals surface area contributed by atoms with Crippen LogP contribution in [-0.2, 0) is 28.7 Å². The lowest BCUT2D eigenvalue weighted by Crippen LogP contribution is -2.39. The summed E-state index contributed by atoms with van der Waals surface area (Å²) < 4.78 is 42.7. The third-order valence-electron chi connectivity index (χ3n) is 10.3. The zero-order chi connectivity index (χ0) is 40.4. The van der Waals surface area contributed by atoms with Crippen LogP contribution in [0.1, 0.15) is 133 Å². The van der Waals surface area contributed by atoms with Crippen molar-refractivity contribution in [1.29, 1.82) is 0 Å². The van der Waals surface area contributed by atoms with Gasteiger partial charge in [0.05, 0.1) is 25.5 Å². The van der Waals surface area contributed by atoms with E-state index < -0.39 is 57.0 Å². The molecule has 1 unspecified atom stereocenters. The van der Waals surface area contributed by atoms with Gasteiger partial charge in [-0.3, -0.25) is 9.05 Å². The molecule has 6 N–H and O–H groups in total. The number of aromatic nitrogens is 3. The first-order chi connectivity index (χ1) is 27.0. The van der Waals surface area contributed by atoms with E-state index in [2.05, 4.69) is 17.0 Å². The molecule has 2 aromatic heterocycles. The Labute approximate surface area is 330 Å². The maximum Gasteiger partial charge on any atom is 0.472 e. The van der Waals surface area contributed by atoms with Gasteiger partial charge >= 0.3 is 13.8 Å². The predicted octanol–water partition coefficient (Wildman–Crippen LogP) is 7.20. The molecular weight excluding hydrogens is 743 g/mol. The van der Waals surface area contributed by atoms with E-state index in [9.17, 15) is 29.6 Å². The van der Waals surface area contributed by atoms with Crippen LogP contribution in [0.3, 0.4) is 0 Å². The van der Waals surface area contributed by atoms with Gasteiger partial charge in [0.25, 0.3) is 0 Å². The monoisotopic (exact) mass is 806 g/mol. The van der Waals surface area contributed by atoms with Gasteiger partial charge in [0.15, 0.2) is 5.82 Å². The van der Waals surface area contributed by atoms with Crippen molar-refractivity contribution in [2.75, 3.05) is 32.2 Å². The van der Waals surface area contributed by atoms with Crippen molar-refractivity contribution in [2.45, 2.75) is 147 Å². The second kappa shape index (κ2) is 23.3. The number of aromatic carboxylic acids is 1. The van der Waals surface area contributed by atoms with Gasteiger partial charge < -0.3 is 40.2 Å². The van der Waals surface area contributed by atoms with Crippen molar-refractivity contribution >= 4 is 25.1 Å². The SMILES string of the molecule is CCCCCCCCCCCCCCCCCCOC[C@H](COP(=O)(O)OC[C@H]1O[C@@](C)(c2ccc3c(N)ncnn23)[C@H](O)[C@@H]1O)Oc1ccccc1C(=O)O. The summed E-state index contributed by atoms with van der Waals surface area (Å²) in [6.07, 6.45) is 16.3. The number of aliphatic hydroxyl groups excluding tert-OH is 2. The number of hydrogen-bond donors (Lipinski definition) is 5. The molecular formula is C40H63N4O11P. The van der Waals surface area contributed by atoms with Gasteiger partial charge in [-0.25, -0.2) is 18.9 Å². The number of unbranched alkanes of at least 4 members (excludes halogenated alkanes) is 15. The van der Waals surface area contributed by atoms with Crippen molar-refractivity contribution < 1.29 is 52.8 Å². The Kier molecular flexibility index (Phi) is 19.0. The van der Waals surface area contributed by atoms with Crippen molar-refractivity contribution in [1.82, 2.24) is 14.6 Å². The minimum absolute atomic E-state index is 0.0406. The zero-order valence-electron chi connectivity index (χ0n) is 33.0. The Morgan fingerprint density at radius 3 is 2.14 bits per heavy atom. The smallest absolute Gasteiger partial charge is 0.472 e. The van der Waals surface area contributed by atoms with E-state index >= 15 is 0 Å². The van der Waals surface area contributed by atoms with Gasteiger partial charge in [0.2, 0.25) is 0 Å². The Morgan fingerprint density at radius 2 is 1.52 bits per heavy atom. The number of nitrogen functional groups attached to an aromatic ring is 1. The lowest BCUT2D eigenvalue weighted by Gasteiger charge is -2.27. The van der Waals surface area contributed by atoms with E-state index in [0.717, 1.165) is 19.3 Å². The third kappa shape index (κ3) is 13.8. The molecule has 16 heteroatoms. The van der Waals surface area contributed by atoms with Crippen LogP contribution in [0.5, 0.6) is 5.75 Å². The van der Waals surface area contributed by atoms with E-state index in [1.165, 1.54) is 106 Å². The van der Waals surface area contributed by atoms with Crippen LogP contribution < -0.4 is 10.5 Å². The Morgan fingerprint density at radius 1 is 0.911 bits per heavy atom. The molecule has 4 rings (SSSR count). The Hall–Kier alpha value is -3.14. The van der Waals surface area contributed by atoms with Crippen molar-refractivity contribution in [3.8, 4) is 5.75 Å². The second-order valence-electron chi connectivity index (χ2n) is 14.8. The molecule has 1 aliphatic rings. The molecule has 0 saturated carbocycles. The number of phosphoric ester groups is 1. The maximum atomic E-state index is 13.0. The van der Waals surface area contributed by atoms with E-state index in [0.29, 0.717) is 17.8 Å². The van der Waals surface area contributed by atoms with Gasteiger partial charge in [-0.05, 0) is 37.6 Å². The molecule has 1 saturated heterocycles. The predicted molar refractivity (Wildman–Crippen MR) is 212 cm³/mol. The number of para-hydroxylation sites is 1. The van der Waals surface area contributed by atoms with Crippen molar-refractivity contribution in [3.63, 3.8) is 0 Å². The van der Waals surface area contributed by atoms with Gasteiger partial charge in [-0.15, -0.1) is 0 Å². The van der Waals surface area contributed by atoms with Crippen LogP contribution in [0.25, 0.3) is 5.52 Å². The number of fused-ring (bicyclic) bond motifs is 1. The van der Waals surface area contributed by atoms with E-state index in [1.54, 1.807) is 31.2 Å². The molecule has 0 aliphatic carbocycles. The number of carbonyl (C=O) groups is 1. The summed E-state index contributed by atoms with van der Waals surface area (Å²) in [6, 6.07) is 9.33. The van der Waals surface area contributed by atoms with E-state index in [4.69, 9.17) is 29.0 Å². The second-order valence-corrected chi connectivity index (χ2v) is 16.3. The summed E-state index contributed by atoms with van der Waals surface area (Å²) in [7, 11) is -4.77. The zero-order valence-corrected chi connectivity index (χ0v) is 33.9. The first-order valence-corrected chi connectivity index (χ1v) is 21.8. The summed E-state index contributed by atoms with van der Waals surface area (Å²) in [6.45, 7) is 3.11. The number of carboxylic acid groups (broad SMARTS) is 1. The van der Waals surface area contributed by atoms with Crippen LogP contribution in [0.4, 0.5) is 5.82 Å². The number of hydrogen-bond acceptors (Lipinski definition) is 12. The maximum absolute atomic E-state index is 13.0. The average molecular weight is 807 g/mol. The molecule has 56 heavy (non-hydrogen) atoms. The Balaban J connectivity index is 1.19. The van der Waals surface area contributed by atoms with E-state index in [1.807, 2.05) is 0 Å². The van der Waals surface area contributed by atoms with E-state index in [-0.39, 0.29) is 23.7 Å². The highest BCUT2D eigenvalue weighted by atomic mass is 31.2. The number of carboxylic acids is 1. The normalized spacial score (nSPS) is 21.3. The number of phosphoric acid groups is 1. The molecule has 0 spiro atoms. The Bertz CT molecular complexity index is 1660. The number of aliphatic hydroxyl groups is 2. The molecule has 15 nitrogen and oxygen atoms in total. The first-order valence-electron chi connectivity index (χ1n) is 20.3. The molecule has 1 fully saturated rings. The highest BCUT2D eigenvalue weighted by molar-refractivity contribution is 7.47. The summed E-state index contributed by atoms with van der Waals surface area (Å²) >= 11 is 0. The van der Waals surface area contributed by atoms with Gasteiger partial charge in [0, 0.05) is 6.61 Å². The minimum atomic E-state index is -4.77. The summed E-state index contributed by atoms with van der Waals surface area (Å²) in [5.74, 6) is -0.937. The van der Waals surface area contributed by atoms with Crippen LogP contribution in [0, 0.1) is 0 Å². The molecule has 1 aliphatic heterocycles.